The van der Waals surface area contributed by atoms with Crippen LogP contribution >= 0.6 is 0 Å². The van der Waals surface area contributed by atoms with Crippen LogP contribution in [0.25, 0.3) is 0 Å². The third-order valence-electron chi connectivity index (χ3n) is 10.6. The molecular weight excluding hydrogens is 745 g/mol. The summed E-state index contributed by atoms with van der Waals surface area (Å²) in [6.07, 6.45) is -4.76. The fourth-order valence-corrected chi connectivity index (χ4v) is 7.49. The molecule has 0 unspecified atom stereocenters. The molecule has 0 amide bonds. The Balaban J connectivity index is 1.21. The lowest BCUT2D eigenvalue weighted by Crippen LogP contribution is -2.65. The fourth-order valence-electron chi connectivity index (χ4n) is 7.49. The third kappa shape index (κ3) is 12.0. The Kier molecular flexibility index (Phi) is 16.0. The maximum absolute atomic E-state index is 7.16. The number of hydrogen-bond acceptors (Lipinski definition) is 9. The molecule has 0 aromatic heterocycles. The first-order chi connectivity index (χ1) is 29.1. The summed E-state index contributed by atoms with van der Waals surface area (Å²) in [5.41, 5.74) is 5.09. The second-order valence-electron chi connectivity index (χ2n) is 14.9. The van der Waals surface area contributed by atoms with Gasteiger partial charge in [0.2, 0.25) is 0 Å². The fraction of sp³-hybridized carbons (Fsp3) is 0.360. The molecule has 7 rings (SSSR count). The molecule has 2 saturated heterocycles. The van der Waals surface area contributed by atoms with Gasteiger partial charge in [-0.2, -0.15) is 0 Å². The highest BCUT2D eigenvalue weighted by atomic mass is 16.8. The number of ether oxygens (including phenoxy) is 9. The first-order valence-corrected chi connectivity index (χ1v) is 20.5. The van der Waals surface area contributed by atoms with Gasteiger partial charge in [-0.3, -0.25) is 0 Å². The van der Waals surface area contributed by atoms with Crippen molar-refractivity contribution in [1.82, 2.24) is 0 Å². The van der Waals surface area contributed by atoms with Crippen LogP contribution in [0.15, 0.2) is 164 Å². The predicted molar refractivity (Wildman–Crippen MR) is 225 cm³/mol. The normalized spacial score (nSPS) is 26.9. The summed E-state index contributed by atoms with van der Waals surface area (Å²) >= 11 is 0. The highest BCUT2D eigenvalue weighted by Crippen LogP contribution is 2.36. The molecule has 0 aliphatic carbocycles. The molecule has 9 heteroatoms. The van der Waals surface area contributed by atoms with Gasteiger partial charge in [0.15, 0.2) is 12.6 Å². The van der Waals surface area contributed by atoms with Gasteiger partial charge in [0.05, 0.1) is 51.8 Å². The molecular formula is C50H56O9. The summed E-state index contributed by atoms with van der Waals surface area (Å²) in [6.45, 7) is 9.72. The largest absolute Gasteiger partial charge is 0.368 e. The lowest BCUT2D eigenvalue weighted by Gasteiger charge is -2.49. The quantitative estimate of drug-likeness (QED) is 0.0717. The van der Waals surface area contributed by atoms with E-state index in [1.54, 1.807) is 6.08 Å². The monoisotopic (exact) mass is 800 g/mol. The highest BCUT2D eigenvalue weighted by molar-refractivity contribution is 5.17. The predicted octanol–water partition coefficient (Wildman–Crippen LogP) is 8.99. The number of rotatable bonds is 20. The maximum atomic E-state index is 7.16. The summed E-state index contributed by atoms with van der Waals surface area (Å²) in [6, 6.07) is 50.3. The van der Waals surface area contributed by atoms with Crippen LogP contribution in [0.2, 0.25) is 0 Å². The summed E-state index contributed by atoms with van der Waals surface area (Å²) in [7, 11) is 0. The first-order valence-electron chi connectivity index (χ1n) is 20.5. The molecule has 0 saturated carbocycles. The van der Waals surface area contributed by atoms with Crippen LogP contribution in [0.1, 0.15) is 41.7 Å². The topological polar surface area (TPSA) is 83.1 Å². The van der Waals surface area contributed by atoms with Crippen molar-refractivity contribution >= 4 is 0 Å². The highest BCUT2D eigenvalue weighted by Gasteiger charge is 2.53. The Morgan fingerprint density at radius 2 is 0.695 bits per heavy atom. The Morgan fingerprint density at radius 1 is 0.390 bits per heavy atom. The van der Waals surface area contributed by atoms with Crippen molar-refractivity contribution in [2.45, 2.75) is 108 Å². The molecule has 5 aromatic rings. The van der Waals surface area contributed by atoms with E-state index in [-0.39, 0.29) is 6.61 Å². The molecule has 2 aliphatic rings. The van der Waals surface area contributed by atoms with Crippen molar-refractivity contribution in [2.75, 3.05) is 6.61 Å². The van der Waals surface area contributed by atoms with Crippen molar-refractivity contribution in [1.29, 1.82) is 0 Å². The number of benzene rings is 5. The van der Waals surface area contributed by atoms with E-state index in [9.17, 15) is 0 Å². The molecule has 0 bridgehead atoms. The molecule has 0 radical (unpaired) electrons. The first kappa shape index (κ1) is 42.6. The zero-order valence-electron chi connectivity index (χ0n) is 33.9. The summed E-state index contributed by atoms with van der Waals surface area (Å²) in [4.78, 5) is 0. The smallest absolute Gasteiger partial charge is 0.187 e. The SMILES string of the molecule is C=CCO[C@H]1O[C@H](C)[C@H](O[C@H]2O[C@H](C)[C@H](OCc3ccccc3)[C@H](OCc3ccccc3)[C@H]2OCc2ccccc2)[C@H](OCc2ccccc2)[C@H]1OCc1ccccc1. The number of hydrogen-bond donors (Lipinski definition) is 0. The van der Waals surface area contributed by atoms with Crippen molar-refractivity contribution in [3.63, 3.8) is 0 Å². The lowest BCUT2D eigenvalue weighted by molar-refractivity contribution is -0.369. The second kappa shape index (κ2) is 22.2. The molecule has 2 aliphatic heterocycles. The third-order valence-corrected chi connectivity index (χ3v) is 10.6. The van der Waals surface area contributed by atoms with Crippen LogP contribution < -0.4 is 0 Å². The van der Waals surface area contributed by atoms with E-state index >= 15 is 0 Å². The van der Waals surface area contributed by atoms with Crippen molar-refractivity contribution in [3.05, 3.63) is 192 Å². The summed E-state index contributed by atoms with van der Waals surface area (Å²) < 4.78 is 60.8. The summed E-state index contributed by atoms with van der Waals surface area (Å²) in [5.74, 6) is 0. The van der Waals surface area contributed by atoms with Gasteiger partial charge in [0.25, 0.3) is 0 Å². The van der Waals surface area contributed by atoms with Gasteiger partial charge in [-0.1, -0.05) is 158 Å². The lowest BCUT2D eigenvalue weighted by atomic mass is 9.96. The van der Waals surface area contributed by atoms with Gasteiger partial charge >= 0.3 is 0 Å². The Morgan fingerprint density at radius 3 is 1.08 bits per heavy atom. The van der Waals surface area contributed by atoms with Crippen LogP contribution in [-0.4, -0.2) is 68.0 Å². The van der Waals surface area contributed by atoms with Gasteiger partial charge in [-0.05, 0) is 41.7 Å². The Labute approximate surface area is 348 Å². The van der Waals surface area contributed by atoms with Crippen LogP contribution in [0, 0.1) is 0 Å². The average molecular weight is 801 g/mol. The summed E-state index contributed by atoms with van der Waals surface area (Å²) in [5, 5.41) is 0. The minimum Gasteiger partial charge on any atom is -0.368 e. The Hall–Kier alpha value is -4.52. The van der Waals surface area contributed by atoms with Crippen LogP contribution in [0.3, 0.4) is 0 Å². The van der Waals surface area contributed by atoms with E-state index < -0.39 is 61.4 Å². The van der Waals surface area contributed by atoms with Gasteiger partial charge in [-0.25, -0.2) is 0 Å². The van der Waals surface area contributed by atoms with Crippen LogP contribution in [-0.2, 0) is 75.7 Å². The molecule has 310 valence electrons. The van der Waals surface area contributed by atoms with Gasteiger partial charge in [0.1, 0.15) is 36.6 Å². The maximum Gasteiger partial charge on any atom is 0.187 e. The minimum atomic E-state index is -0.912. The van der Waals surface area contributed by atoms with E-state index in [1.165, 1.54) is 0 Å². The van der Waals surface area contributed by atoms with E-state index in [1.807, 2.05) is 166 Å². The van der Waals surface area contributed by atoms with Gasteiger partial charge in [-0.15, -0.1) is 6.58 Å². The van der Waals surface area contributed by atoms with Crippen molar-refractivity contribution < 1.29 is 42.6 Å². The average Bonchev–Trinajstić information content (AvgIpc) is 3.28. The van der Waals surface area contributed by atoms with Gasteiger partial charge in [0, 0.05) is 0 Å². The second-order valence-corrected chi connectivity index (χ2v) is 14.9. The molecule has 2 fully saturated rings. The van der Waals surface area contributed by atoms with Crippen molar-refractivity contribution in [3.8, 4) is 0 Å². The molecule has 5 aromatic carbocycles. The zero-order chi connectivity index (χ0) is 40.7. The van der Waals surface area contributed by atoms with Gasteiger partial charge < -0.3 is 42.6 Å². The molecule has 10 atom stereocenters. The Bertz CT molecular complexity index is 1920. The van der Waals surface area contributed by atoms with Crippen LogP contribution in [0.5, 0.6) is 0 Å². The molecule has 0 spiro atoms. The van der Waals surface area contributed by atoms with Crippen LogP contribution in [0.4, 0.5) is 0 Å². The molecule has 9 nitrogen and oxygen atoms in total. The molecule has 59 heavy (non-hydrogen) atoms. The minimum absolute atomic E-state index is 0.267. The molecule has 0 N–H and O–H groups in total. The standard InChI is InChI=1S/C50H56O9/c1-4-30-51-49-47(55-34-41-26-16-8-17-27-41)46(54-33-40-24-14-7-15-25-40)44(37(3)57-49)59-50-48(56-35-42-28-18-9-19-29-42)45(53-32-39-22-12-6-13-23-39)43(36(2)58-50)52-31-38-20-10-5-11-21-38/h4-29,36-37,43-50H,1,30-35H2,2-3H3/t36-,37-,43+,44+,45+,46+,47-,48-,49+,50-/m1/s1. The molecule has 2 heterocycles. The van der Waals surface area contributed by atoms with E-state index in [0.29, 0.717) is 33.0 Å². The van der Waals surface area contributed by atoms with Crippen molar-refractivity contribution in [2.24, 2.45) is 0 Å². The van der Waals surface area contributed by atoms with E-state index in [0.717, 1.165) is 27.8 Å². The zero-order valence-corrected chi connectivity index (χ0v) is 33.9. The van der Waals surface area contributed by atoms with E-state index in [4.69, 9.17) is 42.6 Å². The van der Waals surface area contributed by atoms with E-state index in [2.05, 4.69) is 6.58 Å².